The van der Waals surface area contributed by atoms with Crippen molar-refractivity contribution in [3.63, 3.8) is 0 Å². The number of hydrogen-bond acceptors (Lipinski definition) is 4. The van der Waals surface area contributed by atoms with E-state index in [4.69, 9.17) is 9.47 Å². The molecule has 1 fully saturated rings. The summed E-state index contributed by atoms with van der Waals surface area (Å²) >= 11 is 0. The summed E-state index contributed by atoms with van der Waals surface area (Å²) in [5.41, 5.74) is 0.899. The van der Waals surface area contributed by atoms with E-state index in [1.54, 1.807) is 6.07 Å². The third-order valence-corrected chi connectivity index (χ3v) is 4.51. The van der Waals surface area contributed by atoms with Gasteiger partial charge in [-0.05, 0) is 57.2 Å². The summed E-state index contributed by atoms with van der Waals surface area (Å²) in [6.07, 6.45) is 3.57. The van der Waals surface area contributed by atoms with Crippen molar-refractivity contribution in [1.82, 2.24) is 5.32 Å². The minimum absolute atomic E-state index is 0.0294. The molecule has 0 spiro atoms. The van der Waals surface area contributed by atoms with E-state index >= 15 is 0 Å². The Hall–Kier alpha value is -1.62. The molecule has 0 aliphatic heterocycles. The molecule has 1 N–H and O–H groups in total. The predicted octanol–water partition coefficient (Wildman–Crippen LogP) is 3.61. The zero-order valence-corrected chi connectivity index (χ0v) is 14.1. The monoisotopic (exact) mass is 323 g/mol. The lowest BCUT2D eigenvalue weighted by Gasteiger charge is -2.30. The van der Waals surface area contributed by atoms with Crippen LogP contribution in [0.2, 0.25) is 0 Å². The van der Waals surface area contributed by atoms with Crippen molar-refractivity contribution >= 4 is 5.97 Å². The van der Waals surface area contributed by atoms with Gasteiger partial charge in [-0.1, -0.05) is 6.07 Å². The zero-order chi connectivity index (χ0) is 16.8. The Morgan fingerprint density at radius 2 is 2.04 bits per heavy atom. The Kier molecular flexibility index (Phi) is 6.39. The van der Waals surface area contributed by atoms with Gasteiger partial charge in [0.2, 0.25) is 0 Å². The number of benzene rings is 1. The van der Waals surface area contributed by atoms with Gasteiger partial charge in [0, 0.05) is 12.1 Å². The van der Waals surface area contributed by atoms with Gasteiger partial charge in [-0.25, -0.2) is 4.39 Å². The molecule has 4 nitrogen and oxygen atoms in total. The Morgan fingerprint density at radius 1 is 1.35 bits per heavy atom. The summed E-state index contributed by atoms with van der Waals surface area (Å²) in [6, 6.07) is 5.45. The molecular weight excluding hydrogens is 297 g/mol. The summed E-state index contributed by atoms with van der Waals surface area (Å²) in [4.78, 5) is 11.8. The van der Waals surface area contributed by atoms with Crippen molar-refractivity contribution in [2.24, 2.45) is 5.92 Å². The average Bonchev–Trinajstić information content (AvgIpc) is 2.55. The molecule has 2 rings (SSSR count). The largest absolute Gasteiger partial charge is 0.494 e. The van der Waals surface area contributed by atoms with E-state index in [0.29, 0.717) is 12.6 Å². The summed E-state index contributed by atoms with van der Waals surface area (Å²) in [7, 11) is 1.46. The Bertz CT molecular complexity index is 527. The van der Waals surface area contributed by atoms with Crippen LogP contribution in [-0.4, -0.2) is 25.7 Å². The van der Waals surface area contributed by atoms with Crippen LogP contribution < -0.4 is 10.1 Å². The lowest BCUT2D eigenvalue weighted by molar-refractivity contribution is -0.149. The van der Waals surface area contributed by atoms with Gasteiger partial charge in [0.1, 0.15) is 0 Å². The molecule has 0 amide bonds. The van der Waals surface area contributed by atoms with Gasteiger partial charge in [-0.2, -0.15) is 0 Å². The van der Waals surface area contributed by atoms with E-state index in [-0.39, 0.29) is 29.5 Å². The van der Waals surface area contributed by atoms with E-state index in [9.17, 15) is 9.18 Å². The molecule has 5 heteroatoms. The van der Waals surface area contributed by atoms with E-state index in [1.807, 2.05) is 19.9 Å². The summed E-state index contributed by atoms with van der Waals surface area (Å²) < 4.78 is 23.8. The molecule has 1 atom stereocenters. The van der Waals surface area contributed by atoms with Crippen LogP contribution in [0.1, 0.15) is 51.1 Å². The second-order valence-corrected chi connectivity index (χ2v) is 6.08. The maximum Gasteiger partial charge on any atom is 0.308 e. The highest BCUT2D eigenvalue weighted by molar-refractivity contribution is 5.72. The third-order valence-electron chi connectivity index (χ3n) is 4.51. The van der Waals surface area contributed by atoms with Crippen LogP contribution in [0.5, 0.6) is 5.75 Å². The maximum absolute atomic E-state index is 13.8. The number of ether oxygens (including phenoxy) is 2. The molecule has 0 saturated heterocycles. The lowest BCUT2D eigenvalue weighted by atomic mass is 9.85. The molecule has 1 unspecified atom stereocenters. The van der Waals surface area contributed by atoms with E-state index < -0.39 is 0 Å². The Labute approximate surface area is 137 Å². The summed E-state index contributed by atoms with van der Waals surface area (Å²) in [5.74, 6) is -0.126. The minimum atomic E-state index is -0.343. The van der Waals surface area contributed by atoms with Crippen molar-refractivity contribution in [3.8, 4) is 5.75 Å². The number of methoxy groups -OCH3 is 1. The lowest BCUT2D eigenvalue weighted by Crippen LogP contribution is -2.36. The standard InChI is InChI=1S/C18H26FNO3/c1-4-23-18(21)13-5-8-15(9-6-13)20-12(2)14-7-10-17(22-3)16(19)11-14/h7,10-13,15,20H,4-6,8-9H2,1-3H3. The van der Waals surface area contributed by atoms with E-state index in [2.05, 4.69) is 5.32 Å². The molecule has 23 heavy (non-hydrogen) atoms. The summed E-state index contributed by atoms with van der Waals surface area (Å²) in [6.45, 7) is 4.30. The van der Waals surface area contributed by atoms with Crippen LogP contribution >= 0.6 is 0 Å². The topological polar surface area (TPSA) is 47.6 Å². The van der Waals surface area contributed by atoms with Crippen LogP contribution in [0, 0.1) is 11.7 Å². The van der Waals surface area contributed by atoms with Crippen LogP contribution in [0.25, 0.3) is 0 Å². The number of nitrogens with one attached hydrogen (secondary N) is 1. The minimum Gasteiger partial charge on any atom is -0.494 e. The molecule has 1 aliphatic carbocycles. The van der Waals surface area contributed by atoms with Crippen LogP contribution in [-0.2, 0) is 9.53 Å². The van der Waals surface area contributed by atoms with Gasteiger partial charge in [0.25, 0.3) is 0 Å². The highest BCUT2D eigenvalue weighted by atomic mass is 19.1. The number of carbonyl (C=O) groups is 1. The van der Waals surface area contributed by atoms with Gasteiger partial charge in [-0.15, -0.1) is 0 Å². The Balaban J connectivity index is 1.86. The first-order valence-corrected chi connectivity index (χ1v) is 8.31. The fraction of sp³-hybridized carbons (Fsp3) is 0.611. The average molecular weight is 323 g/mol. The highest BCUT2D eigenvalue weighted by Gasteiger charge is 2.27. The fourth-order valence-corrected chi connectivity index (χ4v) is 3.16. The van der Waals surface area contributed by atoms with Gasteiger partial charge in [0.05, 0.1) is 19.6 Å². The zero-order valence-electron chi connectivity index (χ0n) is 14.1. The number of halogens is 1. The van der Waals surface area contributed by atoms with Crippen LogP contribution in [0.3, 0.4) is 0 Å². The first-order chi connectivity index (χ1) is 11.0. The molecule has 0 bridgehead atoms. The second kappa shape index (κ2) is 8.29. The van der Waals surface area contributed by atoms with Crippen molar-refractivity contribution in [1.29, 1.82) is 0 Å². The smallest absolute Gasteiger partial charge is 0.308 e. The highest BCUT2D eigenvalue weighted by Crippen LogP contribution is 2.28. The first kappa shape index (κ1) is 17.7. The van der Waals surface area contributed by atoms with Crippen LogP contribution in [0.15, 0.2) is 18.2 Å². The molecule has 1 aromatic rings. The van der Waals surface area contributed by atoms with Gasteiger partial charge in [-0.3, -0.25) is 4.79 Å². The number of carbonyl (C=O) groups excluding carboxylic acids is 1. The van der Waals surface area contributed by atoms with Gasteiger partial charge < -0.3 is 14.8 Å². The van der Waals surface area contributed by atoms with E-state index in [1.165, 1.54) is 13.2 Å². The van der Waals surface area contributed by atoms with Gasteiger partial charge >= 0.3 is 5.97 Å². The van der Waals surface area contributed by atoms with Crippen molar-refractivity contribution in [3.05, 3.63) is 29.6 Å². The van der Waals surface area contributed by atoms with Crippen molar-refractivity contribution in [2.45, 2.75) is 51.6 Å². The maximum atomic E-state index is 13.8. The van der Waals surface area contributed by atoms with Gasteiger partial charge in [0.15, 0.2) is 11.6 Å². The number of rotatable bonds is 6. The predicted molar refractivity (Wildman–Crippen MR) is 86.9 cm³/mol. The number of hydrogen-bond donors (Lipinski definition) is 1. The SMILES string of the molecule is CCOC(=O)C1CCC(NC(C)c2ccc(OC)c(F)c2)CC1. The Morgan fingerprint density at radius 3 is 2.61 bits per heavy atom. The second-order valence-electron chi connectivity index (χ2n) is 6.08. The molecule has 128 valence electrons. The molecule has 0 heterocycles. The molecule has 0 aromatic heterocycles. The quantitative estimate of drug-likeness (QED) is 0.813. The third kappa shape index (κ3) is 4.67. The summed E-state index contributed by atoms with van der Waals surface area (Å²) in [5, 5.41) is 3.53. The molecule has 1 aliphatic rings. The number of esters is 1. The van der Waals surface area contributed by atoms with E-state index in [0.717, 1.165) is 31.2 Å². The van der Waals surface area contributed by atoms with Crippen LogP contribution in [0.4, 0.5) is 4.39 Å². The normalized spacial score (nSPS) is 22.4. The molecule has 1 aromatic carbocycles. The first-order valence-electron chi connectivity index (χ1n) is 8.31. The molecule has 0 radical (unpaired) electrons. The van der Waals surface area contributed by atoms with Crippen molar-refractivity contribution < 1.29 is 18.7 Å². The molecule has 1 saturated carbocycles. The molecular formula is C18H26FNO3. The fourth-order valence-electron chi connectivity index (χ4n) is 3.16. The van der Waals surface area contributed by atoms with Crippen molar-refractivity contribution in [2.75, 3.05) is 13.7 Å².